The van der Waals surface area contributed by atoms with Gasteiger partial charge in [0.1, 0.15) is 0 Å². The van der Waals surface area contributed by atoms with E-state index in [1.165, 1.54) is 0 Å². The van der Waals surface area contributed by atoms with E-state index in [0.717, 1.165) is 38.4 Å². The number of rotatable bonds is 5. The van der Waals surface area contributed by atoms with Gasteiger partial charge in [-0.3, -0.25) is 4.90 Å². The average molecular weight is 247 g/mol. The molecule has 1 heterocycles. The maximum absolute atomic E-state index is 9.37. The fourth-order valence-corrected chi connectivity index (χ4v) is 2.42. The summed E-state index contributed by atoms with van der Waals surface area (Å²) in [5.41, 5.74) is 0.0941. The number of nitrogens with zero attached hydrogens (tertiary/aromatic N) is 1. The highest BCUT2D eigenvalue weighted by Gasteiger charge is 2.35. The first-order valence-corrected chi connectivity index (χ1v) is 6.60. The minimum absolute atomic E-state index is 0.158. The zero-order valence-corrected chi connectivity index (χ0v) is 11.6. The van der Waals surface area contributed by atoms with E-state index in [0.29, 0.717) is 0 Å². The number of hydrogen-bond acceptors (Lipinski definition) is 4. The van der Waals surface area contributed by atoms with Crippen LogP contribution in [0, 0.1) is 5.41 Å². The van der Waals surface area contributed by atoms with Crippen LogP contribution in [0.3, 0.4) is 0 Å². The van der Waals surface area contributed by atoms with E-state index in [1.54, 1.807) is 0 Å². The van der Waals surface area contributed by atoms with Crippen molar-refractivity contribution in [1.82, 2.24) is 4.90 Å². The summed E-state index contributed by atoms with van der Waals surface area (Å²) in [6.07, 6.45) is 2.14. The Hall–Kier alpha value is 0.230. The molecule has 4 heteroatoms. The highest BCUT2D eigenvalue weighted by molar-refractivity contribution is 7.80. The Bertz CT molecular complexity index is 215. The van der Waals surface area contributed by atoms with Crippen molar-refractivity contribution < 1.29 is 9.84 Å². The largest absolute Gasteiger partial charge is 0.394 e. The number of thiol groups is 1. The molecule has 0 spiro atoms. The normalized spacial score (nSPS) is 21.4. The average Bonchev–Trinajstić information content (AvgIpc) is 2.30. The Labute approximate surface area is 105 Å². The van der Waals surface area contributed by atoms with E-state index < -0.39 is 0 Å². The van der Waals surface area contributed by atoms with Crippen LogP contribution in [0.2, 0.25) is 0 Å². The van der Waals surface area contributed by atoms with Crippen LogP contribution in [0.15, 0.2) is 0 Å². The predicted molar refractivity (Wildman–Crippen MR) is 70.1 cm³/mol. The third-order valence-corrected chi connectivity index (χ3v) is 4.55. The molecule has 1 fully saturated rings. The number of hydrogen-bond donors (Lipinski definition) is 2. The van der Waals surface area contributed by atoms with Crippen molar-refractivity contribution >= 4 is 12.6 Å². The Morgan fingerprint density at radius 1 is 1.38 bits per heavy atom. The summed E-state index contributed by atoms with van der Waals surface area (Å²) in [6, 6.07) is 0. The molecular formula is C12H25NO2S. The highest BCUT2D eigenvalue weighted by Crippen LogP contribution is 2.34. The summed E-state index contributed by atoms with van der Waals surface area (Å²) in [5, 5.41) is 9.37. The SMILES string of the molecule is CN(CC1(CS)CCOCC1)C(C)(C)CO. The van der Waals surface area contributed by atoms with Crippen LogP contribution in [0.4, 0.5) is 0 Å². The quantitative estimate of drug-likeness (QED) is 0.721. The molecule has 1 aliphatic heterocycles. The van der Waals surface area contributed by atoms with Crippen LogP contribution in [-0.2, 0) is 4.74 Å². The maximum atomic E-state index is 9.37. The first-order chi connectivity index (χ1) is 7.46. The Kier molecular flexibility index (Phi) is 5.10. The molecule has 0 aliphatic carbocycles. The van der Waals surface area contributed by atoms with Gasteiger partial charge in [0.05, 0.1) is 6.61 Å². The fraction of sp³-hybridized carbons (Fsp3) is 1.00. The van der Waals surface area contributed by atoms with Gasteiger partial charge in [-0.1, -0.05) is 0 Å². The van der Waals surface area contributed by atoms with Crippen LogP contribution in [0.25, 0.3) is 0 Å². The standard InChI is InChI=1S/C12H25NO2S/c1-11(2,9-14)13(3)8-12(10-16)4-6-15-7-5-12/h14,16H,4-10H2,1-3H3. The van der Waals surface area contributed by atoms with Gasteiger partial charge in [-0.05, 0) is 44.9 Å². The Morgan fingerprint density at radius 3 is 2.38 bits per heavy atom. The molecule has 1 rings (SSSR count). The molecule has 0 atom stereocenters. The van der Waals surface area contributed by atoms with Crippen molar-refractivity contribution in [3.63, 3.8) is 0 Å². The molecule has 0 aromatic heterocycles. The molecule has 1 aliphatic rings. The van der Waals surface area contributed by atoms with Gasteiger partial charge in [-0.25, -0.2) is 0 Å². The van der Waals surface area contributed by atoms with Crippen molar-refractivity contribution in [2.45, 2.75) is 32.2 Å². The van der Waals surface area contributed by atoms with Crippen molar-refractivity contribution in [2.24, 2.45) is 5.41 Å². The molecule has 0 bridgehead atoms. The lowest BCUT2D eigenvalue weighted by atomic mass is 9.80. The fourth-order valence-electron chi connectivity index (χ4n) is 2.01. The molecule has 1 saturated heterocycles. The first kappa shape index (κ1) is 14.3. The molecule has 3 nitrogen and oxygen atoms in total. The van der Waals surface area contributed by atoms with E-state index >= 15 is 0 Å². The molecule has 16 heavy (non-hydrogen) atoms. The Balaban J connectivity index is 2.62. The third-order valence-electron chi connectivity index (χ3n) is 3.88. The molecule has 0 aromatic carbocycles. The van der Waals surface area contributed by atoms with Crippen molar-refractivity contribution in [2.75, 3.05) is 39.2 Å². The second-order valence-electron chi connectivity index (χ2n) is 5.60. The summed E-state index contributed by atoms with van der Waals surface area (Å²) in [5.74, 6) is 0.891. The molecule has 0 aromatic rings. The van der Waals surface area contributed by atoms with Crippen LogP contribution < -0.4 is 0 Å². The summed E-state index contributed by atoms with van der Waals surface area (Å²) in [4.78, 5) is 2.24. The van der Waals surface area contributed by atoms with Gasteiger partial charge in [-0.15, -0.1) is 0 Å². The van der Waals surface area contributed by atoms with E-state index in [4.69, 9.17) is 4.74 Å². The van der Waals surface area contributed by atoms with Crippen molar-refractivity contribution in [3.8, 4) is 0 Å². The lowest BCUT2D eigenvalue weighted by molar-refractivity contribution is -0.0149. The van der Waals surface area contributed by atoms with Gasteiger partial charge in [0.25, 0.3) is 0 Å². The number of aliphatic hydroxyl groups excluding tert-OH is 1. The maximum Gasteiger partial charge on any atom is 0.0609 e. The zero-order chi connectivity index (χ0) is 12.2. The molecule has 1 N–H and O–H groups in total. The Morgan fingerprint density at radius 2 is 1.94 bits per heavy atom. The molecule has 96 valence electrons. The second kappa shape index (κ2) is 5.71. The minimum atomic E-state index is -0.158. The van der Waals surface area contributed by atoms with Crippen molar-refractivity contribution in [1.29, 1.82) is 0 Å². The summed E-state index contributed by atoms with van der Waals surface area (Å²) in [6.45, 7) is 6.98. The van der Waals surface area contributed by atoms with Gasteiger partial charge in [0, 0.05) is 25.3 Å². The van der Waals surface area contributed by atoms with Crippen molar-refractivity contribution in [3.05, 3.63) is 0 Å². The summed E-state index contributed by atoms with van der Waals surface area (Å²) < 4.78 is 5.42. The van der Waals surface area contributed by atoms with Crippen LogP contribution in [0.5, 0.6) is 0 Å². The van der Waals surface area contributed by atoms with Crippen LogP contribution >= 0.6 is 12.6 Å². The highest BCUT2D eigenvalue weighted by atomic mass is 32.1. The van der Waals surface area contributed by atoms with Gasteiger partial charge in [0.2, 0.25) is 0 Å². The minimum Gasteiger partial charge on any atom is -0.394 e. The zero-order valence-electron chi connectivity index (χ0n) is 10.7. The van der Waals surface area contributed by atoms with Gasteiger partial charge >= 0.3 is 0 Å². The van der Waals surface area contributed by atoms with Gasteiger partial charge in [-0.2, -0.15) is 12.6 Å². The number of likely N-dealkylation sites (N-methyl/N-ethyl adjacent to an activating group) is 1. The third kappa shape index (κ3) is 3.36. The smallest absolute Gasteiger partial charge is 0.0609 e. The van der Waals surface area contributed by atoms with Crippen LogP contribution in [0.1, 0.15) is 26.7 Å². The topological polar surface area (TPSA) is 32.7 Å². The van der Waals surface area contributed by atoms with Gasteiger partial charge < -0.3 is 9.84 Å². The summed E-state index contributed by atoms with van der Waals surface area (Å²) >= 11 is 4.50. The van der Waals surface area contributed by atoms with Gasteiger partial charge in [0.15, 0.2) is 0 Å². The van der Waals surface area contributed by atoms with E-state index in [2.05, 4.69) is 38.4 Å². The van der Waals surface area contributed by atoms with E-state index in [9.17, 15) is 5.11 Å². The molecule has 0 radical (unpaired) electrons. The predicted octanol–water partition coefficient (Wildman–Crippen LogP) is 1.42. The van der Waals surface area contributed by atoms with Crippen LogP contribution in [-0.4, -0.2) is 54.7 Å². The van der Waals surface area contributed by atoms with E-state index in [-0.39, 0.29) is 17.6 Å². The second-order valence-corrected chi connectivity index (χ2v) is 5.91. The number of aliphatic hydroxyl groups is 1. The lowest BCUT2D eigenvalue weighted by Crippen LogP contribution is -2.51. The molecular weight excluding hydrogens is 222 g/mol. The first-order valence-electron chi connectivity index (χ1n) is 5.96. The molecule has 0 amide bonds. The number of ether oxygens (including phenoxy) is 1. The summed E-state index contributed by atoms with van der Waals surface area (Å²) in [7, 11) is 2.08. The lowest BCUT2D eigenvalue weighted by Gasteiger charge is -2.44. The monoisotopic (exact) mass is 247 g/mol. The molecule has 0 saturated carbocycles. The van der Waals surface area contributed by atoms with E-state index in [1.807, 2.05) is 0 Å². The molecule has 0 unspecified atom stereocenters.